The Morgan fingerprint density at radius 3 is 2.48 bits per heavy atom. The maximum Gasteiger partial charge on any atom is 0.0257 e. The van der Waals surface area contributed by atoms with Gasteiger partial charge in [-0.15, -0.1) is 0 Å². The van der Waals surface area contributed by atoms with Gasteiger partial charge in [-0.3, -0.25) is 4.90 Å². The summed E-state index contributed by atoms with van der Waals surface area (Å²) in [5, 5.41) is 3.88. The van der Waals surface area contributed by atoms with E-state index in [9.17, 15) is 0 Å². The highest BCUT2D eigenvalue weighted by molar-refractivity contribution is 4.97. The van der Waals surface area contributed by atoms with E-state index in [0.717, 1.165) is 30.1 Å². The van der Waals surface area contributed by atoms with Gasteiger partial charge >= 0.3 is 0 Å². The lowest BCUT2D eigenvalue weighted by Gasteiger charge is -2.46. The van der Waals surface area contributed by atoms with Crippen LogP contribution in [0.2, 0.25) is 0 Å². The molecule has 2 fully saturated rings. The van der Waals surface area contributed by atoms with Crippen LogP contribution in [0.5, 0.6) is 0 Å². The van der Waals surface area contributed by atoms with E-state index in [-0.39, 0.29) is 0 Å². The quantitative estimate of drug-likeness (QED) is 0.739. The van der Waals surface area contributed by atoms with Gasteiger partial charge in [-0.1, -0.05) is 33.6 Å². The van der Waals surface area contributed by atoms with Gasteiger partial charge < -0.3 is 5.32 Å². The molecule has 21 heavy (non-hydrogen) atoms. The first-order valence-corrected chi connectivity index (χ1v) is 9.71. The standard InChI is InChI=1S/C19H38N2/c1-5-8-16-10-12-18(20-13-6-2)19(14-16)21-15(4)9-11-17(21)7-3/h15-20H,5-14H2,1-4H3. The van der Waals surface area contributed by atoms with Crippen molar-refractivity contribution in [3.05, 3.63) is 0 Å². The first-order chi connectivity index (χ1) is 10.2. The molecule has 0 spiro atoms. The van der Waals surface area contributed by atoms with Crippen LogP contribution in [0.1, 0.15) is 85.5 Å². The summed E-state index contributed by atoms with van der Waals surface area (Å²) in [7, 11) is 0. The Morgan fingerprint density at radius 1 is 1.00 bits per heavy atom. The van der Waals surface area contributed by atoms with E-state index in [2.05, 4.69) is 37.9 Å². The number of nitrogens with one attached hydrogen (secondary N) is 1. The smallest absolute Gasteiger partial charge is 0.0257 e. The molecular weight excluding hydrogens is 256 g/mol. The molecular formula is C19H38N2. The lowest BCUT2D eigenvalue weighted by Crippen LogP contribution is -2.56. The molecule has 0 radical (unpaired) electrons. The molecule has 0 amide bonds. The van der Waals surface area contributed by atoms with Crippen molar-refractivity contribution in [3.8, 4) is 0 Å². The van der Waals surface area contributed by atoms with Crippen LogP contribution in [0.4, 0.5) is 0 Å². The molecule has 1 aliphatic heterocycles. The molecule has 124 valence electrons. The predicted molar refractivity (Wildman–Crippen MR) is 92.7 cm³/mol. The van der Waals surface area contributed by atoms with Crippen molar-refractivity contribution in [1.29, 1.82) is 0 Å². The van der Waals surface area contributed by atoms with Gasteiger partial charge in [0.15, 0.2) is 0 Å². The molecule has 5 unspecified atom stereocenters. The Bertz CT molecular complexity index is 291. The third-order valence-electron chi connectivity index (χ3n) is 5.98. The lowest BCUT2D eigenvalue weighted by atomic mass is 9.79. The van der Waals surface area contributed by atoms with Crippen LogP contribution in [0, 0.1) is 5.92 Å². The summed E-state index contributed by atoms with van der Waals surface area (Å²) in [6.07, 6.45) is 12.5. The number of likely N-dealkylation sites (tertiary alicyclic amines) is 1. The van der Waals surface area contributed by atoms with Gasteiger partial charge in [-0.05, 0) is 64.3 Å². The first kappa shape index (κ1) is 17.3. The molecule has 2 rings (SSSR count). The largest absolute Gasteiger partial charge is 0.312 e. The molecule has 0 aromatic rings. The molecule has 1 saturated carbocycles. The molecule has 0 aromatic heterocycles. The second kappa shape index (κ2) is 8.53. The van der Waals surface area contributed by atoms with E-state index in [1.165, 1.54) is 64.3 Å². The summed E-state index contributed by atoms with van der Waals surface area (Å²) in [4.78, 5) is 2.93. The third kappa shape index (κ3) is 4.22. The SMILES string of the molecule is CCCNC1CCC(CCC)CC1N1C(C)CCC1CC. The number of hydrogen-bond donors (Lipinski definition) is 1. The van der Waals surface area contributed by atoms with Gasteiger partial charge in [0.05, 0.1) is 0 Å². The molecule has 1 N–H and O–H groups in total. The topological polar surface area (TPSA) is 15.3 Å². The van der Waals surface area contributed by atoms with E-state index in [0.29, 0.717) is 0 Å². The zero-order valence-corrected chi connectivity index (χ0v) is 14.9. The number of hydrogen-bond acceptors (Lipinski definition) is 2. The normalized spacial score (nSPS) is 38.0. The van der Waals surface area contributed by atoms with E-state index >= 15 is 0 Å². The van der Waals surface area contributed by atoms with Crippen LogP contribution < -0.4 is 5.32 Å². The monoisotopic (exact) mass is 294 g/mol. The summed E-state index contributed by atoms with van der Waals surface area (Å²) in [6.45, 7) is 10.7. The Kier molecular flexibility index (Phi) is 7.01. The first-order valence-electron chi connectivity index (χ1n) is 9.71. The van der Waals surface area contributed by atoms with Gasteiger partial charge in [0.2, 0.25) is 0 Å². The molecule has 1 heterocycles. The molecule has 0 bridgehead atoms. The van der Waals surface area contributed by atoms with Crippen LogP contribution in [-0.2, 0) is 0 Å². The predicted octanol–water partition coefficient (Wildman–Crippen LogP) is 4.59. The van der Waals surface area contributed by atoms with E-state index in [1.807, 2.05) is 0 Å². The summed E-state index contributed by atoms with van der Waals surface area (Å²) in [6, 6.07) is 3.18. The Balaban J connectivity index is 2.07. The minimum Gasteiger partial charge on any atom is -0.312 e. The number of rotatable bonds is 7. The molecule has 1 saturated heterocycles. The minimum absolute atomic E-state index is 0.743. The van der Waals surface area contributed by atoms with Gasteiger partial charge in [0, 0.05) is 24.2 Å². The zero-order valence-electron chi connectivity index (χ0n) is 14.9. The summed E-state index contributed by atoms with van der Waals surface area (Å²) < 4.78 is 0. The maximum atomic E-state index is 3.88. The zero-order chi connectivity index (χ0) is 15.2. The maximum absolute atomic E-state index is 3.88. The van der Waals surface area contributed by atoms with Crippen LogP contribution in [0.3, 0.4) is 0 Å². The molecule has 2 aliphatic rings. The van der Waals surface area contributed by atoms with Crippen molar-refractivity contribution < 1.29 is 0 Å². The second-order valence-electron chi connectivity index (χ2n) is 7.53. The fraction of sp³-hybridized carbons (Fsp3) is 1.00. The Labute approximate surface area is 133 Å². The molecule has 0 aromatic carbocycles. The Morgan fingerprint density at radius 2 is 1.81 bits per heavy atom. The molecule has 1 aliphatic carbocycles. The van der Waals surface area contributed by atoms with E-state index in [4.69, 9.17) is 0 Å². The van der Waals surface area contributed by atoms with Crippen molar-refractivity contribution in [2.24, 2.45) is 5.92 Å². The van der Waals surface area contributed by atoms with Gasteiger partial charge in [-0.25, -0.2) is 0 Å². The van der Waals surface area contributed by atoms with Gasteiger partial charge in [0.1, 0.15) is 0 Å². The third-order valence-corrected chi connectivity index (χ3v) is 5.98. The van der Waals surface area contributed by atoms with Crippen LogP contribution >= 0.6 is 0 Å². The van der Waals surface area contributed by atoms with Crippen molar-refractivity contribution in [2.45, 2.75) is 110 Å². The van der Waals surface area contributed by atoms with E-state index < -0.39 is 0 Å². The average molecular weight is 295 g/mol. The summed E-state index contributed by atoms with van der Waals surface area (Å²) in [5.41, 5.74) is 0. The van der Waals surface area contributed by atoms with Crippen LogP contribution in [-0.4, -0.2) is 35.6 Å². The van der Waals surface area contributed by atoms with Crippen molar-refractivity contribution in [2.75, 3.05) is 6.54 Å². The Hall–Kier alpha value is -0.0800. The van der Waals surface area contributed by atoms with Crippen molar-refractivity contribution in [3.63, 3.8) is 0 Å². The highest BCUT2D eigenvalue weighted by Crippen LogP contribution is 2.37. The van der Waals surface area contributed by atoms with Crippen LogP contribution in [0.25, 0.3) is 0 Å². The number of nitrogens with zero attached hydrogens (tertiary/aromatic N) is 1. The molecule has 5 atom stereocenters. The summed E-state index contributed by atoms with van der Waals surface area (Å²) >= 11 is 0. The minimum atomic E-state index is 0.743. The molecule has 2 heteroatoms. The highest BCUT2D eigenvalue weighted by Gasteiger charge is 2.41. The average Bonchev–Trinajstić information content (AvgIpc) is 2.87. The van der Waals surface area contributed by atoms with Crippen molar-refractivity contribution in [1.82, 2.24) is 10.2 Å². The van der Waals surface area contributed by atoms with E-state index in [1.54, 1.807) is 0 Å². The van der Waals surface area contributed by atoms with Gasteiger partial charge in [-0.2, -0.15) is 0 Å². The van der Waals surface area contributed by atoms with Gasteiger partial charge in [0.25, 0.3) is 0 Å². The highest BCUT2D eigenvalue weighted by atomic mass is 15.3. The fourth-order valence-electron chi connectivity index (χ4n) is 4.90. The second-order valence-corrected chi connectivity index (χ2v) is 7.53. The molecule has 2 nitrogen and oxygen atoms in total. The van der Waals surface area contributed by atoms with Crippen molar-refractivity contribution >= 4 is 0 Å². The fourth-order valence-corrected chi connectivity index (χ4v) is 4.90. The van der Waals surface area contributed by atoms with Crippen LogP contribution in [0.15, 0.2) is 0 Å². The summed E-state index contributed by atoms with van der Waals surface area (Å²) in [5.74, 6) is 0.977. The lowest BCUT2D eigenvalue weighted by molar-refractivity contribution is 0.0566.